The molecule has 0 atom stereocenters. The number of furan rings is 1. The molecule has 0 bridgehead atoms. The molecule has 0 aromatic carbocycles. The van der Waals surface area contributed by atoms with E-state index in [1.165, 1.54) is 6.07 Å². The van der Waals surface area contributed by atoms with E-state index in [4.69, 9.17) is 5.11 Å². The number of alkyl halides is 3. The summed E-state index contributed by atoms with van der Waals surface area (Å²) in [6.07, 6.45) is -4.97. The summed E-state index contributed by atoms with van der Waals surface area (Å²) < 4.78 is 39.9. The zero-order valence-corrected chi connectivity index (χ0v) is 7.67. The second-order valence-electron chi connectivity index (χ2n) is 2.75. The maximum absolute atomic E-state index is 11.7. The van der Waals surface area contributed by atoms with Crippen LogP contribution in [0.25, 0.3) is 0 Å². The molecular weight excluding hydrogens is 231 g/mol. The number of nitrogens with one attached hydrogen (secondary N) is 1. The van der Waals surface area contributed by atoms with Gasteiger partial charge in [-0.1, -0.05) is 0 Å². The Balaban J connectivity index is 2.55. The molecule has 1 heterocycles. The Kier molecular flexibility index (Phi) is 3.21. The van der Waals surface area contributed by atoms with Crippen LogP contribution in [0.2, 0.25) is 0 Å². The SMILES string of the molecule is O=C(O)c1ccc(CNC(=O)C(F)(F)F)o1. The number of halogens is 3. The van der Waals surface area contributed by atoms with E-state index in [2.05, 4.69) is 4.42 Å². The van der Waals surface area contributed by atoms with Gasteiger partial charge in [-0.25, -0.2) is 4.79 Å². The third kappa shape index (κ3) is 3.01. The summed E-state index contributed by atoms with van der Waals surface area (Å²) in [5.41, 5.74) is 0. The van der Waals surface area contributed by atoms with Gasteiger partial charge in [-0.3, -0.25) is 4.79 Å². The lowest BCUT2D eigenvalue weighted by atomic mass is 10.4. The van der Waals surface area contributed by atoms with Crippen molar-refractivity contribution in [3.63, 3.8) is 0 Å². The van der Waals surface area contributed by atoms with Crippen molar-refractivity contribution in [2.75, 3.05) is 0 Å². The number of carbonyl (C=O) groups is 2. The maximum Gasteiger partial charge on any atom is 0.471 e. The summed E-state index contributed by atoms with van der Waals surface area (Å²) in [5, 5.41) is 9.98. The Labute approximate surface area is 86.8 Å². The second kappa shape index (κ2) is 4.25. The fourth-order valence-corrected chi connectivity index (χ4v) is 0.855. The standard InChI is InChI=1S/C8H6F3NO4/c9-8(10,11)7(15)12-3-4-1-2-5(16-4)6(13)14/h1-2H,3H2,(H,12,15)(H,13,14). The summed E-state index contributed by atoms with van der Waals surface area (Å²) in [7, 11) is 0. The summed E-state index contributed by atoms with van der Waals surface area (Å²) in [4.78, 5) is 20.7. The van der Waals surface area contributed by atoms with E-state index in [0.29, 0.717) is 0 Å². The van der Waals surface area contributed by atoms with Crippen molar-refractivity contribution in [2.45, 2.75) is 12.7 Å². The topological polar surface area (TPSA) is 79.5 Å². The summed E-state index contributed by atoms with van der Waals surface area (Å²) in [6.45, 7) is -0.522. The molecule has 0 spiro atoms. The highest BCUT2D eigenvalue weighted by Crippen LogP contribution is 2.15. The van der Waals surface area contributed by atoms with Gasteiger partial charge in [0.2, 0.25) is 5.76 Å². The van der Waals surface area contributed by atoms with Crippen LogP contribution in [0, 0.1) is 0 Å². The average Bonchev–Trinajstić information content (AvgIpc) is 2.60. The lowest BCUT2D eigenvalue weighted by molar-refractivity contribution is -0.173. The van der Waals surface area contributed by atoms with Crippen LogP contribution in [0.5, 0.6) is 0 Å². The van der Waals surface area contributed by atoms with Crippen molar-refractivity contribution < 1.29 is 32.3 Å². The molecule has 0 fully saturated rings. The number of aromatic carboxylic acids is 1. The molecular formula is C8H6F3NO4. The minimum atomic E-state index is -4.97. The van der Waals surface area contributed by atoms with Gasteiger partial charge in [-0.2, -0.15) is 13.2 Å². The minimum absolute atomic E-state index is 0.0741. The van der Waals surface area contributed by atoms with Gasteiger partial charge in [0.1, 0.15) is 5.76 Å². The molecule has 1 rings (SSSR count). The maximum atomic E-state index is 11.7. The van der Waals surface area contributed by atoms with E-state index in [0.717, 1.165) is 6.07 Å². The Morgan fingerprint density at radius 1 is 1.38 bits per heavy atom. The minimum Gasteiger partial charge on any atom is -0.475 e. The van der Waals surface area contributed by atoms with Crippen LogP contribution in [0.1, 0.15) is 16.3 Å². The number of hydrogen-bond acceptors (Lipinski definition) is 3. The van der Waals surface area contributed by atoms with Crippen molar-refractivity contribution in [1.82, 2.24) is 5.32 Å². The van der Waals surface area contributed by atoms with Crippen LogP contribution in [0.15, 0.2) is 16.5 Å². The zero-order valence-electron chi connectivity index (χ0n) is 7.67. The Hall–Kier alpha value is -1.99. The summed E-state index contributed by atoms with van der Waals surface area (Å²) in [6, 6.07) is 2.25. The quantitative estimate of drug-likeness (QED) is 0.826. The normalized spacial score (nSPS) is 11.2. The molecule has 8 heteroatoms. The van der Waals surface area contributed by atoms with Crippen LogP contribution in [0.4, 0.5) is 13.2 Å². The van der Waals surface area contributed by atoms with Crippen molar-refractivity contribution in [3.05, 3.63) is 23.7 Å². The molecule has 0 aliphatic rings. The first-order valence-corrected chi connectivity index (χ1v) is 3.97. The monoisotopic (exact) mass is 237 g/mol. The first kappa shape index (κ1) is 12.1. The van der Waals surface area contributed by atoms with Gasteiger partial charge in [0.05, 0.1) is 6.54 Å². The molecule has 0 aliphatic heterocycles. The smallest absolute Gasteiger partial charge is 0.471 e. The van der Waals surface area contributed by atoms with Crippen molar-refractivity contribution in [2.24, 2.45) is 0 Å². The lowest BCUT2D eigenvalue weighted by Gasteiger charge is -2.05. The second-order valence-corrected chi connectivity index (χ2v) is 2.75. The van der Waals surface area contributed by atoms with Gasteiger partial charge in [0, 0.05) is 0 Å². The van der Waals surface area contributed by atoms with E-state index in [9.17, 15) is 22.8 Å². The van der Waals surface area contributed by atoms with E-state index in [1.54, 1.807) is 5.32 Å². The molecule has 0 saturated heterocycles. The number of hydrogen-bond donors (Lipinski definition) is 2. The van der Waals surface area contributed by atoms with Crippen molar-refractivity contribution in [1.29, 1.82) is 0 Å². The first-order valence-electron chi connectivity index (χ1n) is 3.97. The van der Waals surface area contributed by atoms with Crippen LogP contribution in [-0.4, -0.2) is 23.2 Å². The highest BCUT2D eigenvalue weighted by Gasteiger charge is 2.38. The van der Waals surface area contributed by atoms with Gasteiger partial charge in [0.15, 0.2) is 0 Å². The highest BCUT2D eigenvalue weighted by molar-refractivity contribution is 5.84. The number of rotatable bonds is 3. The third-order valence-electron chi connectivity index (χ3n) is 1.55. The zero-order chi connectivity index (χ0) is 12.3. The predicted molar refractivity (Wildman–Crippen MR) is 43.6 cm³/mol. The van der Waals surface area contributed by atoms with Gasteiger partial charge in [0.25, 0.3) is 0 Å². The Morgan fingerprint density at radius 3 is 2.44 bits per heavy atom. The molecule has 1 aromatic heterocycles. The number of amides is 1. The average molecular weight is 237 g/mol. The molecule has 16 heavy (non-hydrogen) atoms. The molecule has 0 aliphatic carbocycles. The van der Waals surface area contributed by atoms with Crippen molar-refractivity contribution in [3.8, 4) is 0 Å². The summed E-state index contributed by atoms with van der Waals surface area (Å²) in [5.74, 6) is -3.93. The van der Waals surface area contributed by atoms with E-state index < -0.39 is 30.4 Å². The molecule has 0 unspecified atom stereocenters. The molecule has 1 aromatic rings. The molecule has 5 nitrogen and oxygen atoms in total. The fraction of sp³-hybridized carbons (Fsp3) is 0.250. The van der Waals surface area contributed by atoms with Gasteiger partial charge < -0.3 is 14.8 Å². The van der Waals surface area contributed by atoms with Crippen LogP contribution < -0.4 is 5.32 Å². The number of carboxylic acid groups (broad SMARTS) is 1. The summed E-state index contributed by atoms with van der Waals surface area (Å²) >= 11 is 0. The fourth-order valence-electron chi connectivity index (χ4n) is 0.855. The number of carbonyl (C=O) groups excluding carboxylic acids is 1. The number of carboxylic acids is 1. The van der Waals surface area contributed by atoms with Gasteiger partial charge >= 0.3 is 18.1 Å². The first-order chi connectivity index (χ1) is 7.30. The van der Waals surface area contributed by atoms with Crippen LogP contribution in [-0.2, 0) is 11.3 Å². The Bertz CT molecular complexity index is 410. The van der Waals surface area contributed by atoms with Gasteiger partial charge in [-0.15, -0.1) is 0 Å². The largest absolute Gasteiger partial charge is 0.475 e. The van der Waals surface area contributed by atoms with Gasteiger partial charge in [-0.05, 0) is 12.1 Å². The van der Waals surface area contributed by atoms with Crippen LogP contribution >= 0.6 is 0 Å². The molecule has 0 saturated carbocycles. The Morgan fingerprint density at radius 2 is 2.00 bits per heavy atom. The third-order valence-corrected chi connectivity index (χ3v) is 1.55. The molecule has 88 valence electrons. The van der Waals surface area contributed by atoms with E-state index >= 15 is 0 Å². The van der Waals surface area contributed by atoms with E-state index in [-0.39, 0.29) is 5.76 Å². The highest BCUT2D eigenvalue weighted by atomic mass is 19.4. The molecule has 2 N–H and O–H groups in total. The van der Waals surface area contributed by atoms with Crippen LogP contribution in [0.3, 0.4) is 0 Å². The lowest BCUT2D eigenvalue weighted by Crippen LogP contribution is -2.36. The molecule has 0 radical (unpaired) electrons. The molecule has 1 amide bonds. The van der Waals surface area contributed by atoms with E-state index in [1.807, 2.05) is 0 Å². The van der Waals surface area contributed by atoms with Crippen molar-refractivity contribution >= 4 is 11.9 Å². The predicted octanol–water partition coefficient (Wildman–Crippen LogP) is 1.16.